The van der Waals surface area contributed by atoms with Gasteiger partial charge in [0.05, 0.1) is 5.52 Å². The quantitative estimate of drug-likeness (QED) is 0.435. The summed E-state index contributed by atoms with van der Waals surface area (Å²) in [5.41, 5.74) is 2.07. The Balaban J connectivity index is 2.26. The van der Waals surface area contributed by atoms with E-state index < -0.39 is 8.07 Å². The van der Waals surface area contributed by atoms with Crippen LogP contribution < -0.4 is 5.56 Å². The number of ether oxygens (including phenoxy) is 1. The average molecular weight is 368 g/mol. The molecule has 1 heterocycles. The molecule has 1 aromatic heterocycles. The lowest BCUT2D eigenvalue weighted by atomic mass is 10.1. The molecule has 0 N–H and O–H groups in total. The molecule has 0 aliphatic rings. The van der Waals surface area contributed by atoms with Crippen LogP contribution in [0, 0.1) is 0 Å². The van der Waals surface area contributed by atoms with Crippen LogP contribution in [-0.2, 0) is 16.8 Å². The van der Waals surface area contributed by atoms with Crippen molar-refractivity contribution in [2.45, 2.75) is 37.7 Å². The molecule has 114 valence electrons. The van der Waals surface area contributed by atoms with E-state index in [2.05, 4.69) is 35.6 Å². The van der Waals surface area contributed by atoms with Gasteiger partial charge in [0.2, 0.25) is 0 Å². The van der Waals surface area contributed by atoms with Crippen LogP contribution >= 0.6 is 15.9 Å². The summed E-state index contributed by atoms with van der Waals surface area (Å²) in [4.78, 5) is 12.2. The molecule has 0 aliphatic carbocycles. The fourth-order valence-electron chi connectivity index (χ4n) is 2.21. The lowest BCUT2D eigenvalue weighted by Gasteiger charge is -2.17. The second-order valence-corrected chi connectivity index (χ2v) is 12.6. The number of para-hydroxylation sites is 1. The molecule has 2 aromatic rings. The molecule has 0 spiro atoms. The van der Waals surface area contributed by atoms with Gasteiger partial charge in [-0.3, -0.25) is 9.36 Å². The third kappa shape index (κ3) is 4.28. The first-order valence-electron chi connectivity index (χ1n) is 7.17. The summed E-state index contributed by atoms with van der Waals surface area (Å²) < 4.78 is 7.50. The van der Waals surface area contributed by atoms with E-state index in [1.54, 1.807) is 10.6 Å². The zero-order chi connectivity index (χ0) is 15.5. The van der Waals surface area contributed by atoms with E-state index in [1.165, 1.54) is 0 Å². The smallest absolute Gasteiger partial charge is 0.252 e. The average Bonchev–Trinajstić information content (AvgIpc) is 2.43. The number of nitrogens with zero attached hydrogens (tertiary/aromatic N) is 1. The molecule has 1 aromatic carbocycles. The number of rotatable bonds is 6. The van der Waals surface area contributed by atoms with Crippen LogP contribution in [0.2, 0.25) is 25.7 Å². The number of hydrogen-bond acceptors (Lipinski definition) is 2. The fourth-order valence-corrected chi connectivity index (χ4v) is 3.42. The zero-order valence-corrected chi connectivity index (χ0v) is 15.4. The molecule has 2 rings (SSSR count). The lowest BCUT2D eigenvalue weighted by Crippen LogP contribution is -2.25. The highest BCUT2D eigenvalue weighted by Crippen LogP contribution is 2.19. The summed E-state index contributed by atoms with van der Waals surface area (Å²) >= 11 is 3.49. The second-order valence-electron chi connectivity index (χ2n) is 6.44. The summed E-state index contributed by atoms with van der Waals surface area (Å²) in [7, 11) is -1.10. The fraction of sp³-hybridized carbons (Fsp3) is 0.438. The van der Waals surface area contributed by atoms with Crippen molar-refractivity contribution in [3.8, 4) is 0 Å². The van der Waals surface area contributed by atoms with Crippen LogP contribution in [0.25, 0.3) is 10.9 Å². The van der Waals surface area contributed by atoms with E-state index in [9.17, 15) is 4.79 Å². The Kier molecular flexibility index (Phi) is 5.41. The number of aromatic nitrogens is 1. The predicted octanol–water partition coefficient (Wildman–Crippen LogP) is 4.21. The Morgan fingerprint density at radius 1 is 1.19 bits per heavy atom. The summed E-state index contributed by atoms with van der Waals surface area (Å²) in [5, 5.41) is 1.79. The van der Waals surface area contributed by atoms with Crippen molar-refractivity contribution in [3.63, 3.8) is 0 Å². The van der Waals surface area contributed by atoms with Crippen molar-refractivity contribution in [1.82, 2.24) is 4.57 Å². The van der Waals surface area contributed by atoms with Crippen molar-refractivity contribution in [1.29, 1.82) is 0 Å². The van der Waals surface area contributed by atoms with Crippen LogP contribution in [0.1, 0.15) is 5.56 Å². The predicted molar refractivity (Wildman–Crippen MR) is 94.9 cm³/mol. The van der Waals surface area contributed by atoms with Gasteiger partial charge in [-0.25, -0.2) is 0 Å². The molecule has 3 nitrogen and oxygen atoms in total. The van der Waals surface area contributed by atoms with Gasteiger partial charge < -0.3 is 4.74 Å². The molecule has 0 unspecified atom stereocenters. The Bertz CT molecular complexity index is 676. The third-order valence-corrected chi connectivity index (χ3v) is 5.76. The molecular weight excluding hydrogens is 346 g/mol. The number of hydrogen-bond donors (Lipinski definition) is 0. The summed E-state index contributed by atoms with van der Waals surface area (Å²) in [5.74, 6) is 0. The maximum absolute atomic E-state index is 12.2. The highest BCUT2D eigenvalue weighted by atomic mass is 79.9. The van der Waals surface area contributed by atoms with Gasteiger partial charge in [-0.1, -0.05) is 53.8 Å². The van der Waals surface area contributed by atoms with Crippen molar-refractivity contribution in [2.75, 3.05) is 6.61 Å². The first-order valence-corrected chi connectivity index (χ1v) is 12.0. The Morgan fingerprint density at radius 2 is 1.95 bits per heavy atom. The summed E-state index contributed by atoms with van der Waals surface area (Å²) in [6.07, 6.45) is 0. The van der Waals surface area contributed by atoms with Gasteiger partial charge in [-0.05, 0) is 23.1 Å². The third-order valence-electron chi connectivity index (χ3n) is 3.45. The monoisotopic (exact) mass is 367 g/mol. The first-order chi connectivity index (χ1) is 9.92. The molecular formula is C16H22BrNO2Si. The topological polar surface area (TPSA) is 31.2 Å². The molecule has 0 radical (unpaired) electrons. The molecule has 0 bridgehead atoms. The molecule has 0 atom stereocenters. The summed E-state index contributed by atoms with van der Waals surface area (Å²) in [6.45, 7) is 8.01. The van der Waals surface area contributed by atoms with Crippen molar-refractivity contribution in [2.24, 2.45) is 0 Å². The van der Waals surface area contributed by atoms with E-state index in [-0.39, 0.29) is 5.56 Å². The van der Waals surface area contributed by atoms with E-state index in [4.69, 9.17) is 4.74 Å². The largest absolute Gasteiger partial charge is 0.361 e. The van der Waals surface area contributed by atoms with Gasteiger partial charge in [-0.2, -0.15) is 0 Å². The van der Waals surface area contributed by atoms with Crippen LogP contribution in [-0.4, -0.2) is 19.2 Å². The maximum Gasteiger partial charge on any atom is 0.252 e. The van der Waals surface area contributed by atoms with Gasteiger partial charge in [0, 0.05) is 26.1 Å². The van der Waals surface area contributed by atoms with Crippen LogP contribution in [0.3, 0.4) is 0 Å². The number of pyridine rings is 1. The van der Waals surface area contributed by atoms with Crippen molar-refractivity contribution < 1.29 is 4.74 Å². The Hall–Kier alpha value is -0.913. The molecule has 0 fully saturated rings. The maximum atomic E-state index is 12.2. The normalized spacial score (nSPS) is 12.0. The number of alkyl halides is 1. The van der Waals surface area contributed by atoms with E-state index >= 15 is 0 Å². The second kappa shape index (κ2) is 6.90. The first kappa shape index (κ1) is 16.5. The van der Waals surface area contributed by atoms with E-state index in [0.717, 1.165) is 34.4 Å². The molecule has 5 heteroatoms. The van der Waals surface area contributed by atoms with Crippen LogP contribution in [0.4, 0.5) is 0 Å². The standard InChI is InChI=1S/C16H22BrNO2Si/c1-21(2,3)10-9-20-12-18-15(19)8-7-13-5-4-6-14(11-17)16(13)18/h4-8H,9-12H2,1-3H3. The molecule has 0 saturated heterocycles. The molecule has 0 saturated carbocycles. The Morgan fingerprint density at radius 3 is 2.62 bits per heavy atom. The van der Waals surface area contributed by atoms with Crippen LogP contribution in [0.5, 0.6) is 0 Å². The van der Waals surface area contributed by atoms with E-state index in [0.29, 0.717) is 6.73 Å². The Labute approximate surface area is 135 Å². The number of fused-ring (bicyclic) bond motifs is 1. The van der Waals surface area contributed by atoms with Gasteiger partial charge in [0.1, 0.15) is 6.73 Å². The van der Waals surface area contributed by atoms with Gasteiger partial charge in [0.15, 0.2) is 0 Å². The minimum atomic E-state index is -1.10. The SMILES string of the molecule is C[Si](C)(C)CCOCn1c(=O)ccc2cccc(CBr)c21. The summed E-state index contributed by atoms with van der Waals surface area (Å²) in [6, 6.07) is 10.7. The number of benzene rings is 1. The highest BCUT2D eigenvalue weighted by molar-refractivity contribution is 9.08. The van der Waals surface area contributed by atoms with Gasteiger partial charge in [0.25, 0.3) is 5.56 Å². The molecule has 0 amide bonds. The highest BCUT2D eigenvalue weighted by Gasteiger charge is 2.13. The van der Waals surface area contributed by atoms with Crippen LogP contribution in [0.15, 0.2) is 35.1 Å². The number of halogens is 1. The molecule has 21 heavy (non-hydrogen) atoms. The molecule has 0 aliphatic heterocycles. The minimum Gasteiger partial charge on any atom is -0.361 e. The van der Waals surface area contributed by atoms with Gasteiger partial charge in [-0.15, -0.1) is 0 Å². The minimum absolute atomic E-state index is 0.0103. The van der Waals surface area contributed by atoms with Crippen molar-refractivity contribution in [3.05, 3.63) is 46.2 Å². The van der Waals surface area contributed by atoms with Crippen molar-refractivity contribution >= 4 is 34.9 Å². The van der Waals surface area contributed by atoms with E-state index in [1.807, 2.05) is 24.3 Å². The zero-order valence-electron chi connectivity index (χ0n) is 12.9. The lowest BCUT2D eigenvalue weighted by molar-refractivity contribution is 0.0878. The van der Waals surface area contributed by atoms with Gasteiger partial charge >= 0.3 is 0 Å².